The van der Waals surface area contributed by atoms with Crippen LogP contribution in [0.2, 0.25) is 0 Å². The summed E-state index contributed by atoms with van der Waals surface area (Å²) in [7, 11) is 0. The largest absolute Gasteiger partial charge is 0.492 e. The summed E-state index contributed by atoms with van der Waals surface area (Å²) in [6.07, 6.45) is 2.22. The third-order valence-corrected chi connectivity index (χ3v) is 3.08. The van der Waals surface area contributed by atoms with Gasteiger partial charge >= 0.3 is 0 Å². The number of Topliss-reactive ketones (excluding diaryl/α,β-unsaturated/α-hetero) is 1. The van der Waals surface area contributed by atoms with Gasteiger partial charge in [-0.05, 0) is 25.8 Å². The second-order valence-corrected chi connectivity index (χ2v) is 4.93. The SMILES string of the molecule is CC(=O)c1cc([N+](=O)[O-])ccc1OCCC(=O)NC1CC1. The maximum atomic E-state index is 11.5. The van der Waals surface area contributed by atoms with E-state index in [1.165, 1.54) is 25.1 Å². The predicted octanol–water partition coefficient (Wildman–Crippen LogP) is 1.84. The predicted molar refractivity (Wildman–Crippen MR) is 74.4 cm³/mol. The summed E-state index contributed by atoms with van der Waals surface area (Å²) in [5, 5.41) is 13.5. The smallest absolute Gasteiger partial charge is 0.270 e. The molecule has 0 aromatic heterocycles. The molecule has 1 fully saturated rings. The lowest BCUT2D eigenvalue weighted by molar-refractivity contribution is -0.384. The molecule has 1 aliphatic rings. The fraction of sp³-hybridized carbons (Fsp3) is 0.429. The van der Waals surface area contributed by atoms with Crippen LogP contribution in [0, 0.1) is 10.1 Å². The van der Waals surface area contributed by atoms with Crippen LogP contribution >= 0.6 is 0 Å². The van der Waals surface area contributed by atoms with Gasteiger partial charge in [0.2, 0.25) is 5.91 Å². The minimum atomic E-state index is -0.570. The van der Waals surface area contributed by atoms with Gasteiger partial charge in [-0.15, -0.1) is 0 Å². The van der Waals surface area contributed by atoms with E-state index in [0.717, 1.165) is 12.8 Å². The minimum absolute atomic E-state index is 0.0937. The Morgan fingerprint density at radius 3 is 2.71 bits per heavy atom. The van der Waals surface area contributed by atoms with Crippen LogP contribution in [-0.4, -0.2) is 29.3 Å². The normalized spacial score (nSPS) is 13.6. The molecular formula is C14H16N2O5. The van der Waals surface area contributed by atoms with Crippen LogP contribution < -0.4 is 10.1 Å². The number of amides is 1. The lowest BCUT2D eigenvalue weighted by Crippen LogP contribution is -2.26. The van der Waals surface area contributed by atoms with E-state index in [1.54, 1.807) is 0 Å². The lowest BCUT2D eigenvalue weighted by Gasteiger charge is -2.09. The molecule has 21 heavy (non-hydrogen) atoms. The first-order valence-corrected chi connectivity index (χ1v) is 6.69. The van der Waals surface area contributed by atoms with E-state index in [0.29, 0.717) is 6.04 Å². The first-order chi connectivity index (χ1) is 9.97. The van der Waals surface area contributed by atoms with Crippen LogP contribution in [0.4, 0.5) is 5.69 Å². The Balaban J connectivity index is 1.96. The van der Waals surface area contributed by atoms with Gasteiger partial charge in [-0.3, -0.25) is 19.7 Å². The molecule has 0 unspecified atom stereocenters. The van der Waals surface area contributed by atoms with Gasteiger partial charge in [0.05, 0.1) is 23.5 Å². The first-order valence-electron chi connectivity index (χ1n) is 6.69. The summed E-state index contributed by atoms with van der Waals surface area (Å²) in [5.74, 6) is -0.160. The van der Waals surface area contributed by atoms with E-state index in [9.17, 15) is 19.7 Å². The molecule has 1 N–H and O–H groups in total. The van der Waals surface area contributed by atoms with Crippen molar-refractivity contribution in [1.82, 2.24) is 5.32 Å². The Hall–Kier alpha value is -2.44. The van der Waals surface area contributed by atoms with Gasteiger partial charge in [0.1, 0.15) is 5.75 Å². The average molecular weight is 292 g/mol. The highest BCUT2D eigenvalue weighted by Gasteiger charge is 2.23. The number of nitrogens with one attached hydrogen (secondary N) is 1. The lowest BCUT2D eigenvalue weighted by atomic mass is 10.1. The van der Waals surface area contributed by atoms with Crippen LogP contribution in [0.15, 0.2) is 18.2 Å². The Kier molecular flexibility index (Phi) is 4.52. The van der Waals surface area contributed by atoms with Gasteiger partial charge < -0.3 is 10.1 Å². The number of nitrogens with zero attached hydrogens (tertiary/aromatic N) is 1. The fourth-order valence-corrected chi connectivity index (χ4v) is 1.81. The van der Waals surface area contributed by atoms with E-state index in [1.807, 2.05) is 0 Å². The maximum Gasteiger partial charge on any atom is 0.270 e. The number of carbonyl (C=O) groups is 2. The molecule has 1 aliphatic carbocycles. The van der Waals surface area contributed by atoms with E-state index < -0.39 is 4.92 Å². The number of hydrogen-bond donors (Lipinski definition) is 1. The summed E-state index contributed by atoms with van der Waals surface area (Å²) < 4.78 is 5.40. The molecule has 112 valence electrons. The number of ketones is 1. The number of hydrogen-bond acceptors (Lipinski definition) is 5. The van der Waals surface area contributed by atoms with E-state index >= 15 is 0 Å². The van der Waals surface area contributed by atoms with Crippen molar-refractivity contribution in [2.45, 2.75) is 32.2 Å². The third-order valence-electron chi connectivity index (χ3n) is 3.08. The molecule has 1 amide bonds. The van der Waals surface area contributed by atoms with Gasteiger partial charge in [0.25, 0.3) is 5.69 Å². The molecule has 7 heteroatoms. The van der Waals surface area contributed by atoms with Gasteiger partial charge in [0, 0.05) is 18.2 Å². The number of nitro groups is 1. The van der Waals surface area contributed by atoms with Crippen LogP contribution in [0.25, 0.3) is 0 Å². The molecule has 0 spiro atoms. The first kappa shape index (κ1) is 15.0. The second-order valence-electron chi connectivity index (χ2n) is 4.93. The third kappa shape index (κ3) is 4.27. The Labute approximate surface area is 121 Å². The number of nitro benzene ring substituents is 1. The van der Waals surface area contributed by atoms with Crippen LogP contribution in [0.5, 0.6) is 5.75 Å². The van der Waals surface area contributed by atoms with Crippen molar-refractivity contribution in [1.29, 1.82) is 0 Å². The fourth-order valence-electron chi connectivity index (χ4n) is 1.81. The summed E-state index contributed by atoms with van der Waals surface area (Å²) >= 11 is 0. The molecule has 0 radical (unpaired) electrons. The quantitative estimate of drug-likeness (QED) is 0.469. The Morgan fingerprint density at radius 1 is 1.43 bits per heavy atom. The molecule has 1 aromatic carbocycles. The molecule has 0 bridgehead atoms. The summed E-state index contributed by atoms with van der Waals surface area (Å²) in [5.41, 5.74) is -0.0224. The molecular weight excluding hydrogens is 276 g/mol. The van der Waals surface area contributed by atoms with Crippen LogP contribution in [-0.2, 0) is 4.79 Å². The number of carbonyl (C=O) groups excluding carboxylic acids is 2. The van der Waals surface area contributed by atoms with Gasteiger partial charge in [-0.2, -0.15) is 0 Å². The highest BCUT2D eigenvalue weighted by molar-refractivity contribution is 5.97. The van der Waals surface area contributed by atoms with E-state index in [4.69, 9.17) is 4.74 Å². The molecule has 1 aromatic rings. The highest BCUT2D eigenvalue weighted by Crippen LogP contribution is 2.25. The number of rotatable bonds is 7. The van der Waals surface area contributed by atoms with Gasteiger partial charge in [0.15, 0.2) is 5.78 Å². The van der Waals surface area contributed by atoms with Gasteiger partial charge in [-0.25, -0.2) is 0 Å². The van der Waals surface area contributed by atoms with Crippen molar-refractivity contribution in [3.8, 4) is 5.75 Å². The maximum absolute atomic E-state index is 11.5. The van der Waals surface area contributed by atoms with Crippen molar-refractivity contribution in [2.75, 3.05) is 6.61 Å². The molecule has 0 heterocycles. The number of ether oxygens (including phenoxy) is 1. The molecule has 0 saturated heterocycles. The van der Waals surface area contributed by atoms with E-state index in [2.05, 4.69) is 5.32 Å². The molecule has 1 saturated carbocycles. The number of non-ortho nitro benzene ring substituents is 1. The van der Waals surface area contributed by atoms with Crippen molar-refractivity contribution < 1.29 is 19.2 Å². The molecule has 0 aliphatic heterocycles. The van der Waals surface area contributed by atoms with Crippen LogP contribution in [0.3, 0.4) is 0 Å². The monoisotopic (exact) mass is 292 g/mol. The Morgan fingerprint density at radius 2 is 2.14 bits per heavy atom. The zero-order valence-corrected chi connectivity index (χ0v) is 11.6. The van der Waals surface area contributed by atoms with Crippen molar-refractivity contribution in [3.05, 3.63) is 33.9 Å². The topological polar surface area (TPSA) is 98.5 Å². The average Bonchev–Trinajstić information content (AvgIpc) is 3.22. The summed E-state index contributed by atoms with van der Waals surface area (Å²) in [4.78, 5) is 33.1. The standard InChI is InChI=1S/C14H16N2O5/c1-9(17)12-8-11(16(19)20)4-5-13(12)21-7-6-14(18)15-10-2-3-10/h4-5,8,10H,2-3,6-7H2,1H3,(H,15,18). The number of benzene rings is 1. The molecule has 7 nitrogen and oxygen atoms in total. The summed E-state index contributed by atoms with van der Waals surface area (Å²) in [6, 6.07) is 4.13. The zero-order chi connectivity index (χ0) is 15.4. The van der Waals surface area contributed by atoms with Crippen LogP contribution in [0.1, 0.15) is 36.5 Å². The molecule has 0 atom stereocenters. The van der Waals surface area contributed by atoms with Gasteiger partial charge in [-0.1, -0.05) is 0 Å². The minimum Gasteiger partial charge on any atom is -0.492 e. The van der Waals surface area contributed by atoms with Crippen molar-refractivity contribution in [3.63, 3.8) is 0 Å². The zero-order valence-electron chi connectivity index (χ0n) is 11.6. The van der Waals surface area contributed by atoms with Crippen molar-refractivity contribution in [2.24, 2.45) is 0 Å². The highest BCUT2D eigenvalue weighted by atomic mass is 16.6. The van der Waals surface area contributed by atoms with Crippen molar-refractivity contribution >= 4 is 17.4 Å². The molecule has 2 rings (SSSR count). The summed E-state index contributed by atoms with van der Waals surface area (Å²) in [6.45, 7) is 1.43. The van der Waals surface area contributed by atoms with E-state index in [-0.39, 0.29) is 41.7 Å². The second kappa shape index (κ2) is 6.34. The Bertz CT molecular complexity index is 581.